The Bertz CT molecular complexity index is 434. The van der Waals surface area contributed by atoms with E-state index in [1.54, 1.807) is 13.8 Å². The summed E-state index contributed by atoms with van der Waals surface area (Å²) in [5.41, 5.74) is 1.24. The predicted octanol–water partition coefficient (Wildman–Crippen LogP) is 2.19. The molecule has 1 aromatic carbocycles. The number of thioether (sulfide) groups is 1. The third-order valence-corrected chi connectivity index (χ3v) is 3.82. The molecule has 1 rings (SSSR count). The second kappa shape index (κ2) is 8.64. The van der Waals surface area contributed by atoms with Crippen molar-refractivity contribution in [3.8, 4) is 0 Å². The summed E-state index contributed by atoms with van der Waals surface area (Å²) in [7, 11) is 0. The highest BCUT2D eigenvalue weighted by atomic mass is 32.2. The van der Waals surface area contributed by atoms with Gasteiger partial charge in [0, 0.05) is 0 Å². The standard InChI is InChI=1S/C15H21NO3S/c1-11(2)14(15(18)19)16-13(17)10-20-9-8-12-6-4-3-5-7-12/h3-7,11,14H,8-10H2,1-2H3,(H,16,17)(H,18,19). The first-order chi connectivity index (χ1) is 9.50. The number of hydrogen-bond acceptors (Lipinski definition) is 3. The lowest BCUT2D eigenvalue weighted by Crippen LogP contribution is -2.45. The number of carboxylic acid groups (broad SMARTS) is 1. The van der Waals surface area contributed by atoms with Crippen molar-refractivity contribution in [3.05, 3.63) is 35.9 Å². The zero-order valence-corrected chi connectivity index (χ0v) is 12.7. The van der Waals surface area contributed by atoms with E-state index in [1.807, 2.05) is 18.2 Å². The molecule has 1 aromatic rings. The zero-order valence-electron chi connectivity index (χ0n) is 11.8. The van der Waals surface area contributed by atoms with Gasteiger partial charge in [-0.25, -0.2) is 4.79 Å². The Balaban J connectivity index is 2.24. The van der Waals surface area contributed by atoms with Crippen molar-refractivity contribution in [2.24, 2.45) is 5.92 Å². The van der Waals surface area contributed by atoms with Crippen molar-refractivity contribution in [1.82, 2.24) is 5.32 Å². The van der Waals surface area contributed by atoms with Crippen LogP contribution in [0.5, 0.6) is 0 Å². The van der Waals surface area contributed by atoms with Gasteiger partial charge in [-0.05, 0) is 23.7 Å². The van der Waals surface area contributed by atoms with E-state index in [9.17, 15) is 9.59 Å². The summed E-state index contributed by atoms with van der Waals surface area (Å²) < 4.78 is 0. The molecule has 1 unspecified atom stereocenters. The fourth-order valence-electron chi connectivity index (χ4n) is 1.73. The summed E-state index contributed by atoms with van der Waals surface area (Å²) in [6, 6.07) is 9.26. The van der Waals surface area contributed by atoms with Crippen LogP contribution in [0.15, 0.2) is 30.3 Å². The summed E-state index contributed by atoms with van der Waals surface area (Å²) >= 11 is 1.52. The lowest BCUT2D eigenvalue weighted by molar-refractivity contribution is -0.142. The molecule has 110 valence electrons. The van der Waals surface area contributed by atoms with Gasteiger partial charge in [0.05, 0.1) is 5.75 Å². The van der Waals surface area contributed by atoms with Gasteiger partial charge in [0.15, 0.2) is 0 Å². The molecule has 0 bridgehead atoms. The van der Waals surface area contributed by atoms with E-state index in [-0.39, 0.29) is 11.8 Å². The van der Waals surface area contributed by atoms with Gasteiger partial charge in [-0.2, -0.15) is 11.8 Å². The molecule has 4 nitrogen and oxygen atoms in total. The molecule has 0 saturated carbocycles. The van der Waals surface area contributed by atoms with Gasteiger partial charge < -0.3 is 10.4 Å². The highest BCUT2D eigenvalue weighted by Gasteiger charge is 2.22. The Morgan fingerprint density at radius 3 is 2.45 bits per heavy atom. The number of hydrogen-bond donors (Lipinski definition) is 2. The van der Waals surface area contributed by atoms with Crippen molar-refractivity contribution < 1.29 is 14.7 Å². The molecule has 0 radical (unpaired) electrons. The van der Waals surface area contributed by atoms with Crippen LogP contribution in [0.2, 0.25) is 0 Å². The van der Waals surface area contributed by atoms with Crippen LogP contribution in [-0.4, -0.2) is 34.5 Å². The minimum absolute atomic E-state index is 0.120. The molecule has 1 atom stereocenters. The number of carbonyl (C=O) groups excluding carboxylic acids is 1. The van der Waals surface area contributed by atoms with E-state index in [2.05, 4.69) is 17.4 Å². The van der Waals surface area contributed by atoms with Gasteiger partial charge in [-0.3, -0.25) is 4.79 Å². The smallest absolute Gasteiger partial charge is 0.326 e. The van der Waals surface area contributed by atoms with Crippen molar-refractivity contribution >= 4 is 23.6 Å². The summed E-state index contributed by atoms with van der Waals surface area (Å²) in [6.45, 7) is 3.56. The highest BCUT2D eigenvalue weighted by molar-refractivity contribution is 7.99. The third-order valence-electron chi connectivity index (χ3n) is 2.86. The van der Waals surface area contributed by atoms with Crippen LogP contribution in [0.4, 0.5) is 0 Å². The van der Waals surface area contributed by atoms with Crippen molar-refractivity contribution in [2.45, 2.75) is 26.3 Å². The van der Waals surface area contributed by atoms with Gasteiger partial charge in [-0.1, -0.05) is 44.2 Å². The molecule has 0 spiro atoms. The number of carboxylic acids is 1. The maximum absolute atomic E-state index is 11.7. The van der Waals surface area contributed by atoms with Gasteiger partial charge >= 0.3 is 5.97 Å². The number of carbonyl (C=O) groups is 2. The SMILES string of the molecule is CC(C)C(NC(=O)CSCCc1ccccc1)C(=O)O. The normalized spacial score (nSPS) is 12.2. The fourth-order valence-corrected chi connectivity index (χ4v) is 2.52. The molecule has 0 aliphatic heterocycles. The van der Waals surface area contributed by atoms with Crippen LogP contribution < -0.4 is 5.32 Å². The van der Waals surface area contributed by atoms with Crippen LogP contribution in [0.1, 0.15) is 19.4 Å². The van der Waals surface area contributed by atoms with E-state index >= 15 is 0 Å². The number of aryl methyl sites for hydroxylation is 1. The lowest BCUT2D eigenvalue weighted by Gasteiger charge is -2.17. The van der Waals surface area contributed by atoms with E-state index in [0.717, 1.165) is 12.2 Å². The minimum atomic E-state index is -0.984. The third kappa shape index (κ3) is 6.10. The lowest BCUT2D eigenvalue weighted by atomic mass is 10.1. The molecule has 2 N–H and O–H groups in total. The first-order valence-corrected chi connectivity index (χ1v) is 7.80. The average molecular weight is 295 g/mol. The Morgan fingerprint density at radius 1 is 1.25 bits per heavy atom. The number of nitrogens with one attached hydrogen (secondary N) is 1. The molecule has 0 aromatic heterocycles. The van der Waals surface area contributed by atoms with Crippen molar-refractivity contribution in [3.63, 3.8) is 0 Å². The Morgan fingerprint density at radius 2 is 1.90 bits per heavy atom. The molecule has 0 saturated heterocycles. The Kier molecular flexibility index (Phi) is 7.15. The maximum Gasteiger partial charge on any atom is 0.326 e. The first-order valence-electron chi connectivity index (χ1n) is 6.64. The Hall–Kier alpha value is -1.49. The largest absolute Gasteiger partial charge is 0.480 e. The Labute approximate surface area is 124 Å². The van der Waals surface area contributed by atoms with E-state index in [4.69, 9.17) is 5.11 Å². The topological polar surface area (TPSA) is 66.4 Å². The highest BCUT2D eigenvalue weighted by Crippen LogP contribution is 2.08. The fraction of sp³-hybridized carbons (Fsp3) is 0.467. The number of rotatable bonds is 8. The molecule has 0 aliphatic rings. The molecule has 1 amide bonds. The number of benzene rings is 1. The van der Waals surface area contributed by atoms with Crippen LogP contribution in [-0.2, 0) is 16.0 Å². The predicted molar refractivity (Wildman–Crippen MR) is 81.9 cm³/mol. The van der Waals surface area contributed by atoms with Crippen molar-refractivity contribution in [2.75, 3.05) is 11.5 Å². The molecular weight excluding hydrogens is 274 g/mol. The minimum Gasteiger partial charge on any atom is -0.480 e. The molecule has 0 fully saturated rings. The maximum atomic E-state index is 11.7. The summed E-state index contributed by atoms with van der Waals surface area (Å²) in [4.78, 5) is 22.6. The molecule has 0 heterocycles. The van der Waals surface area contributed by atoms with Crippen LogP contribution in [0.3, 0.4) is 0 Å². The van der Waals surface area contributed by atoms with Gasteiger partial charge in [0.1, 0.15) is 6.04 Å². The van der Waals surface area contributed by atoms with Gasteiger partial charge in [0.25, 0.3) is 0 Å². The summed E-state index contributed by atoms with van der Waals surface area (Å²) in [5, 5.41) is 11.5. The van der Waals surface area contributed by atoms with Crippen molar-refractivity contribution in [1.29, 1.82) is 0 Å². The summed E-state index contributed by atoms with van der Waals surface area (Å²) in [5.74, 6) is -0.183. The monoisotopic (exact) mass is 295 g/mol. The van der Waals surface area contributed by atoms with E-state index in [0.29, 0.717) is 5.75 Å². The van der Waals surface area contributed by atoms with E-state index < -0.39 is 12.0 Å². The molecule has 0 aliphatic carbocycles. The second-order valence-electron chi connectivity index (χ2n) is 4.92. The molecule has 20 heavy (non-hydrogen) atoms. The number of aliphatic carboxylic acids is 1. The quantitative estimate of drug-likeness (QED) is 0.722. The van der Waals surface area contributed by atoms with Crippen LogP contribution >= 0.6 is 11.8 Å². The van der Waals surface area contributed by atoms with Gasteiger partial charge in [-0.15, -0.1) is 0 Å². The zero-order chi connectivity index (χ0) is 15.0. The summed E-state index contributed by atoms with van der Waals surface area (Å²) in [6.07, 6.45) is 0.908. The first kappa shape index (κ1) is 16.6. The number of amides is 1. The average Bonchev–Trinajstić information content (AvgIpc) is 2.41. The molecular formula is C15H21NO3S. The van der Waals surface area contributed by atoms with Crippen LogP contribution in [0, 0.1) is 5.92 Å². The van der Waals surface area contributed by atoms with E-state index in [1.165, 1.54) is 17.3 Å². The van der Waals surface area contributed by atoms with Gasteiger partial charge in [0.2, 0.25) is 5.91 Å². The van der Waals surface area contributed by atoms with Crippen LogP contribution in [0.25, 0.3) is 0 Å². The molecule has 5 heteroatoms. The second-order valence-corrected chi connectivity index (χ2v) is 6.02.